The summed E-state index contributed by atoms with van der Waals surface area (Å²) in [7, 11) is 5.68. The van der Waals surface area contributed by atoms with E-state index in [2.05, 4.69) is 14.9 Å². The first-order chi connectivity index (χ1) is 12.6. The first-order valence-corrected chi connectivity index (χ1v) is 8.48. The monoisotopic (exact) mass is 347 g/mol. The van der Waals surface area contributed by atoms with Crippen LogP contribution >= 0.6 is 0 Å². The number of aromatic amines is 1. The Balaban J connectivity index is 1.94. The molecule has 2 N–H and O–H groups in total. The molecule has 1 unspecified atom stereocenters. The molecule has 1 atom stereocenters. The third-order valence-electron chi connectivity index (χ3n) is 4.81. The number of benzene rings is 2. The molecular weight excluding hydrogens is 326 g/mol. The van der Waals surface area contributed by atoms with Gasteiger partial charge in [0.05, 0.1) is 13.2 Å². The average Bonchev–Trinajstić information content (AvgIpc) is 3.06. The zero-order valence-electron chi connectivity index (χ0n) is 15.0. The summed E-state index contributed by atoms with van der Waals surface area (Å²) in [6.45, 7) is 0. The summed E-state index contributed by atoms with van der Waals surface area (Å²) < 4.78 is 5.39. The minimum Gasteiger partial charge on any atom is -0.505 e. The number of aromatic hydroxyl groups is 1. The molecule has 0 spiro atoms. The number of methoxy groups -OCH3 is 1. The molecule has 0 bridgehead atoms. The predicted molar refractivity (Wildman–Crippen MR) is 104 cm³/mol. The van der Waals surface area contributed by atoms with Gasteiger partial charge in [0.1, 0.15) is 17.0 Å². The Labute approximate surface area is 151 Å². The zero-order valence-corrected chi connectivity index (χ0v) is 15.0. The third kappa shape index (κ3) is 2.57. The number of phenolic OH excluding ortho intramolecular Hbond substituents is 1. The highest BCUT2D eigenvalue weighted by Gasteiger charge is 2.24. The molecule has 0 aliphatic rings. The van der Waals surface area contributed by atoms with Gasteiger partial charge in [-0.1, -0.05) is 18.2 Å². The van der Waals surface area contributed by atoms with Crippen LogP contribution in [0.2, 0.25) is 0 Å². The Bertz CT molecular complexity index is 1090. The topological polar surface area (TPSA) is 61.4 Å². The molecule has 0 saturated heterocycles. The number of fused-ring (bicyclic) bond motifs is 2. The minimum absolute atomic E-state index is 0.123. The first kappa shape index (κ1) is 16.4. The van der Waals surface area contributed by atoms with Gasteiger partial charge in [0.25, 0.3) is 0 Å². The van der Waals surface area contributed by atoms with Crippen molar-refractivity contribution < 1.29 is 9.84 Å². The van der Waals surface area contributed by atoms with E-state index >= 15 is 0 Å². The van der Waals surface area contributed by atoms with Crippen molar-refractivity contribution in [3.05, 3.63) is 66.0 Å². The zero-order chi connectivity index (χ0) is 18.3. The van der Waals surface area contributed by atoms with Crippen LogP contribution in [0, 0.1) is 0 Å². The summed E-state index contributed by atoms with van der Waals surface area (Å²) in [4.78, 5) is 9.77. The van der Waals surface area contributed by atoms with E-state index in [9.17, 15) is 5.11 Å². The van der Waals surface area contributed by atoms with Crippen molar-refractivity contribution in [3.8, 4) is 11.5 Å². The number of hydrogen-bond acceptors (Lipinski definition) is 4. The maximum atomic E-state index is 10.9. The number of phenols is 1. The molecule has 2 heterocycles. The lowest BCUT2D eigenvalue weighted by atomic mass is 9.95. The lowest BCUT2D eigenvalue weighted by molar-refractivity contribution is 0.334. The largest absolute Gasteiger partial charge is 0.505 e. The molecule has 5 heteroatoms. The van der Waals surface area contributed by atoms with Gasteiger partial charge in [-0.25, -0.2) is 0 Å². The van der Waals surface area contributed by atoms with Gasteiger partial charge in [0, 0.05) is 34.2 Å². The van der Waals surface area contributed by atoms with Crippen LogP contribution in [0.3, 0.4) is 0 Å². The number of nitrogens with zero attached hydrogens (tertiary/aromatic N) is 2. The lowest BCUT2D eigenvalue weighted by Gasteiger charge is -2.26. The predicted octanol–water partition coefficient (Wildman–Crippen LogP) is 4.08. The van der Waals surface area contributed by atoms with Crippen molar-refractivity contribution in [2.75, 3.05) is 21.2 Å². The number of H-pyrrole nitrogens is 1. The van der Waals surface area contributed by atoms with Crippen LogP contribution in [0.1, 0.15) is 17.2 Å². The van der Waals surface area contributed by atoms with Crippen molar-refractivity contribution in [1.29, 1.82) is 0 Å². The Morgan fingerprint density at radius 2 is 1.96 bits per heavy atom. The summed E-state index contributed by atoms with van der Waals surface area (Å²) in [5.74, 6) is 1.03. The number of hydrogen-bond donors (Lipinski definition) is 2. The van der Waals surface area contributed by atoms with Gasteiger partial charge < -0.3 is 14.8 Å². The van der Waals surface area contributed by atoms with E-state index in [1.165, 1.54) is 0 Å². The molecule has 2 aromatic heterocycles. The number of aromatic nitrogens is 2. The summed E-state index contributed by atoms with van der Waals surface area (Å²) in [6.07, 6.45) is 3.70. The fourth-order valence-electron chi connectivity index (χ4n) is 3.56. The van der Waals surface area contributed by atoms with Crippen LogP contribution in [0.4, 0.5) is 0 Å². The number of pyridine rings is 1. The van der Waals surface area contributed by atoms with Crippen LogP contribution in [0.15, 0.2) is 54.9 Å². The molecule has 0 radical (unpaired) electrons. The second-order valence-corrected chi connectivity index (χ2v) is 6.60. The molecule has 0 amide bonds. The molecule has 0 aliphatic carbocycles. The average molecular weight is 347 g/mol. The van der Waals surface area contributed by atoms with E-state index in [4.69, 9.17) is 4.74 Å². The summed E-state index contributed by atoms with van der Waals surface area (Å²) >= 11 is 0. The van der Waals surface area contributed by atoms with Crippen LogP contribution in [-0.2, 0) is 0 Å². The molecule has 26 heavy (non-hydrogen) atoms. The SMILES string of the molecule is COc1ccc2[nH]cc(C(c3ccc4cccnc4c3O)N(C)C)c2c1. The normalized spacial score (nSPS) is 12.8. The van der Waals surface area contributed by atoms with E-state index in [0.29, 0.717) is 5.52 Å². The number of rotatable bonds is 4. The highest BCUT2D eigenvalue weighted by atomic mass is 16.5. The second-order valence-electron chi connectivity index (χ2n) is 6.60. The van der Waals surface area contributed by atoms with E-state index in [-0.39, 0.29) is 11.8 Å². The minimum atomic E-state index is -0.123. The van der Waals surface area contributed by atoms with Gasteiger partial charge in [-0.15, -0.1) is 0 Å². The molecule has 132 valence electrons. The molecule has 0 fully saturated rings. The molecule has 0 saturated carbocycles. The first-order valence-electron chi connectivity index (χ1n) is 8.48. The van der Waals surface area contributed by atoms with Gasteiger partial charge >= 0.3 is 0 Å². The molecule has 0 aliphatic heterocycles. The summed E-state index contributed by atoms with van der Waals surface area (Å²) in [6, 6.07) is 13.6. The van der Waals surface area contributed by atoms with Crippen molar-refractivity contribution in [2.45, 2.75) is 6.04 Å². The molecule has 5 nitrogen and oxygen atoms in total. The Kier molecular flexibility index (Phi) is 4.01. The maximum Gasteiger partial charge on any atom is 0.146 e. The van der Waals surface area contributed by atoms with Crippen LogP contribution in [-0.4, -0.2) is 41.2 Å². The standard InChI is InChI=1S/C21H21N3O2/c1-24(2)20(15-8-6-13-5-4-10-22-19(13)21(15)25)17-12-23-18-9-7-14(26-3)11-16(17)18/h4-12,20,23,25H,1-3H3. The van der Waals surface area contributed by atoms with Gasteiger partial charge in [-0.2, -0.15) is 0 Å². The highest BCUT2D eigenvalue weighted by Crippen LogP contribution is 2.39. The number of nitrogens with one attached hydrogen (secondary N) is 1. The molecular formula is C21H21N3O2. The van der Waals surface area contributed by atoms with Gasteiger partial charge in [-0.3, -0.25) is 9.88 Å². The summed E-state index contributed by atoms with van der Waals surface area (Å²) in [5, 5.41) is 12.9. The van der Waals surface area contributed by atoms with Crippen LogP contribution in [0.25, 0.3) is 21.8 Å². The van der Waals surface area contributed by atoms with Gasteiger partial charge in [0.15, 0.2) is 0 Å². The third-order valence-corrected chi connectivity index (χ3v) is 4.81. The molecule has 4 rings (SSSR count). The van der Waals surface area contributed by atoms with E-state index < -0.39 is 0 Å². The quantitative estimate of drug-likeness (QED) is 0.584. The van der Waals surface area contributed by atoms with E-state index in [1.54, 1.807) is 13.3 Å². The van der Waals surface area contributed by atoms with Crippen molar-refractivity contribution in [2.24, 2.45) is 0 Å². The second kappa shape index (κ2) is 6.35. The summed E-state index contributed by atoms with van der Waals surface area (Å²) in [5.41, 5.74) is 3.56. The molecule has 4 aromatic rings. The van der Waals surface area contributed by atoms with E-state index in [1.807, 2.05) is 62.8 Å². The van der Waals surface area contributed by atoms with Crippen molar-refractivity contribution in [1.82, 2.24) is 14.9 Å². The van der Waals surface area contributed by atoms with E-state index in [0.717, 1.165) is 33.2 Å². The number of ether oxygens (including phenoxy) is 1. The Hall–Kier alpha value is -3.05. The Morgan fingerprint density at radius 3 is 2.73 bits per heavy atom. The smallest absolute Gasteiger partial charge is 0.146 e. The lowest BCUT2D eigenvalue weighted by Crippen LogP contribution is -2.21. The highest BCUT2D eigenvalue weighted by molar-refractivity contribution is 5.88. The van der Waals surface area contributed by atoms with Crippen molar-refractivity contribution in [3.63, 3.8) is 0 Å². The Morgan fingerprint density at radius 1 is 1.12 bits per heavy atom. The van der Waals surface area contributed by atoms with Crippen LogP contribution < -0.4 is 4.74 Å². The van der Waals surface area contributed by atoms with Gasteiger partial charge in [0.2, 0.25) is 0 Å². The van der Waals surface area contributed by atoms with Crippen molar-refractivity contribution >= 4 is 21.8 Å². The fraction of sp³-hybridized carbons (Fsp3) is 0.190. The fourth-order valence-corrected chi connectivity index (χ4v) is 3.56. The van der Waals surface area contributed by atoms with Crippen LogP contribution in [0.5, 0.6) is 11.5 Å². The maximum absolute atomic E-state index is 10.9. The van der Waals surface area contributed by atoms with Gasteiger partial charge in [-0.05, 0) is 43.9 Å². The molecule has 2 aromatic carbocycles.